The first-order chi connectivity index (χ1) is 37.3. The van der Waals surface area contributed by atoms with E-state index in [4.69, 9.17) is 35.2 Å². The van der Waals surface area contributed by atoms with Crippen LogP contribution in [0.1, 0.15) is 107 Å². The standard InChI is InChI=1S/C55H64FN7O16/c1-23-11-10-12-24(2)53(72)60-40-31(20-59-63-17-16-61(21-25(63)3)42-33(56)19-30-41(51(42)76-9)62(29-13-14-29)22-32(45(30)67)54(73)74)46(68)35-36(47(40)69)44(66)27(5)49-37(35)52(71)55(7,79-49)77-18-15-34(75-8)26(4)50(78-28(6)64)39(58)48(70)38(57)43(23)65/h10-12,15,18-20,22-23,25-26,29,34,38-39,43,48,50,65-66,70H,13-14,16-17,21,57-58H2,1-9H3,(H,60,72)(H,73,74)/b11-10+,18-15+,24-12-,59-20+/t23-,25?,26+,34-,38+,39+,43-,48+,50+,55-/m0/s1. The van der Waals surface area contributed by atoms with Crippen LogP contribution in [0.4, 0.5) is 10.1 Å². The van der Waals surface area contributed by atoms with Crippen molar-refractivity contribution in [1.82, 2.24) is 14.9 Å². The summed E-state index contributed by atoms with van der Waals surface area (Å²) in [6.07, 6.45) is 5.02. The van der Waals surface area contributed by atoms with Crippen LogP contribution in [0.2, 0.25) is 0 Å². The number of hydrazone groups is 1. The number of carboxylic acids is 1. The maximum absolute atomic E-state index is 16.4. The number of methoxy groups -OCH3 is 2. The van der Waals surface area contributed by atoms with Crippen LogP contribution in [0.5, 0.6) is 17.2 Å². The molecule has 6 aliphatic rings. The Morgan fingerprint density at radius 2 is 1.67 bits per heavy atom. The molecule has 2 aromatic carbocycles. The van der Waals surface area contributed by atoms with E-state index in [1.165, 1.54) is 65.5 Å². The molecule has 1 saturated heterocycles. The third-order valence-corrected chi connectivity index (χ3v) is 15.2. The van der Waals surface area contributed by atoms with E-state index < -0.39 is 146 Å². The number of esters is 1. The molecule has 4 aliphatic heterocycles. The summed E-state index contributed by atoms with van der Waals surface area (Å²) in [6.45, 7) is 10.3. The quantitative estimate of drug-likeness (QED) is 0.126. The molecule has 1 amide bonds. The van der Waals surface area contributed by atoms with Crippen LogP contribution >= 0.6 is 0 Å². The number of nitrogens with one attached hydrogen (secondary N) is 1. The Kier molecular flexibility index (Phi) is 16.1. The normalized spacial score (nSPS) is 29.5. The van der Waals surface area contributed by atoms with Gasteiger partial charge in [0.25, 0.3) is 11.7 Å². The molecule has 1 unspecified atom stereocenters. The number of fused-ring (bicyclic) bond motifs is 15. The van der Waals surface area contributed by atoms with Gasteiger partial charge in [0.2, 0.25) is 11.2 Å². The highest BCUT2D eigenvalue weighted by Crippen LogP contribution is 2.49. The summed E-state index contributed by atoms with van der Waals surface area (Å²) < 4.78 is 47.1. The number of pyridine rings is 1. The second kappa shape index (κ2) is 22.2. The Balaban J connectivity index is 1.18. The summed E-state index contributed by atoms with van der Waals surface area (Å²) in [5.74, 6) is -11.8. The third-order valence-electron chi connectivity index (χ3n) is 15.2. The fraction of sp³-hybridized carbons (Fsp3) is 0.455. The molecule has 0 spiro atoms. The van der Waals surface area contributed by atoms with Gasteiger partial charge < -0.3 is 70.4 Å². The van der Waals surface area contributed by atoms with E-state index in [2.05, 4.69) is 10.4 Å². The highest BCUT2D eigenvalue weighted by atomic mass is 19.1. The minimum atomic E-state index is -2.24. The second-order valence-electron chi connectivity index (χ2n) is 20.7. The van der Waals surface area contributed by atoms with Gasteiger partial charge in [-0.25, -0.2) is 9.18 Å². The molecule has 10 atom stereocenters. The van der Waals surface area contributed by atoms with Crippen molar-refractivity contribution in [2.24, 2.45) is 28.4 Å². The van der Waals surface area contributed by atoms with E-state index in [1.807, 2.05) is 0 Å². The van der Waals surface area contributed by atoms with Crippen molar-refractivity contribution in [3.63, 3.8) is 0 Å². The van der Waals surface area contributed by atoms with Gasteiger partial charge >= 0.3 is 17.7 Å². The third kappa shape index (κ3) is 10.4. The molecule has 5 heterocycles. The van der Waals surface area contributed by atoms with Crippen molar-refractivity contribution in [2.45, 2.75) is 116 Å². The van der Waals surface area contributed by atoms with Crippen LogP contribution < -0.4 is 36.6 Å². The number of benzene rings is 2. The Bertz CT molecular complexity index is 3290. The molecule has 422 valence electrons. The number of aromatic carboxylic acids is 1. The van der Waals surface area contributed by atoms with Gasteiger partial charge in [0.15, 0.2) is 17.3 Å². The molecule has 0 radical (unpaired) electrons. The molecule has 5 bridgehead atoms. The molecule has 3 aromatic rings. The van der Waals surface area contributed by atoms with Crippen LogP contribution in [0.15, 0.2) is 69.6 Å². The number of halogens is 1. The highest BCUT2D eigenvalue weighted by Gasteiger charge is 2.53. The average Bonchev–Trinajstić information content (AvgIpc) is 4.33. The number of allylic oxidation sites excluding steroid dienone is 4. The summed E-state index contributed by atoms with van der Waals surface area (Å²) in [4.78, 5) is 98.2. The van der Waals surface area contributed by atoms with Crippen LogP contribution in [-0.2, 0) is 23.8 Å². The van der Waals surface area contributed by atoms with Gasteiger partial charge in [0.05, 0.1) is 95.7 Å². The predicted octanol–water partition coefficient (Wildman–Crippen LogP) is 3.08. The van der Waals surface area contributed by atoms with Crippen molar-refractivity contribution in [1.29, 1.82) is 0 Å². The number of ether oxygens (including phenoxy) is 5. The van der Waals surface area contributed by atoms with Gasteiger partial charge in [-0.05, 0) is 45.8 Å². The van der Waals surface area contributed by atoms with Crippen molar-refractivity contribution < 1.29 is 77.3 Å². The lowest BCUT2D eigenvalue weighted by Gasteiger charge is -2.40. The number of carboxylic acid groups (broad SMARTS) is 1. The SMILES string of the molecule is COc1c(N2CCN(/N=C/C3=C4NC(=O)/C(C)=C\C=C\[C@H](C)[C@H](O)[C@@H](N)[C@@H](O)[C@@H](N)[C@H](OC(C)=O)[C@H](C)[C@@H](OC)/C=C/O[C@@]5(C)Oc6c(C)c(O)c(c(c6C5=O)C3=O)C4=O)C(C)C2)c(F)cc2c(=O)c(C(=O)O)cn(C3CC3)c12. The number of anilines is 1. The summed E-state index contributed by atoms with van der Waals surface area (Å²) in [5.41, 5.74) is 8.96. The second-order valence-corrected chi connectivity index (χ2v) is 20.7. The lowest BCUT2D eigenvalue weighted by atomic mass is 9.81. The number of phenols is 1. The number of amides is 1. The highest BCUT2D eigenvalue weighted by molar-refractivity contribution is 6.37. The minimum Gasteiger partial charge on any atom is -0.507 e. The molecule has 1 aromatic heterocycles. The van der Waals surface area contributed by atoms with Gasteiger partial charge in [-0.2, -0.15) is 5.10 Å². The summed E-state index contributed by atoms with van der Waals surface area (Å²) >= 11 is 0. The van der Waals surface area contributed by atoms with Crippen LogP contribution in [0.3, 0.4) is 0 Å². The number of aromatic nitrogens is 1. The largest absolute Gasteiger partial charge is 0.507 e. The Morgan fingerprint density at radius 1 is 0.975 bits per heavy atom. The number of Topliss-reactive ketones (excluding diaryl/α,β-unsaturated/α-hetero) is 3. The molecule has 9 rings (SSSR count). The maximum atomic E-state index is 16.4. The summed E-state index contributed by atoms with van der Waals surface area (Å²) in [7, 11) is 2.65. The Labute approximate surface area is 452 Å². The minimum absolute atomic E-state index is 0.0176. The number of aliphatic hydroxyl groups excluding tert-OH is 2. The zero-order chi connectivity index (χ0) is 57.8. The molecular formula is C55H64FN7O16. The molecule has 24 heteroatoms. The van der Waals surface area contributed by atoms with E-state index in [-0.39, 0.29) is 64.9 Å². The number of hydrogen-bond acceptors (Lipinski definition) is 20. The van der Waals surface area contributed by atoms with E-state index in [1.54, 1.807) is 35.2 Å². The molecule has 2 aliphatic carbocycles. The van der Waals surface area contributed by atoms with Crippen molar-refractivity contribution in [2.75, 3.05) is 38.8 Å². The number of aliphatic hydroxyl groups is 2. The van der Waals surface area contributed by atoms with Gasteiger partial charge in [-0.15, -0.1) is 0 Å². The topological polar surface area (TPSA) is 334 Å². The molecule has 23 nitrogen and oxygen atoms in total. The molecule has 79 heavy (non-hydrogen) atoms. The number of piperazine rings is 1. The zero-order valence-corrected chi connectivity index (χ0v) is 44.9. The van der Waals surface area contributed by atoms with Crippen molar-refractivity contribution in [3.8, 4) is 17.2 Å². The first-order valence-electron chi connectivity index (χ1n) is 25.6. The number of ketones is 3. The van der Waals surface area contributed by atoms with Gasteiger partial charge in [-0.1, -0.05) is 32.1 Å². The van der Waals surface area contributed by atoms with Crippen molar-refractivity contribution >= 4 is 58.0 Å². The summed E-state index contributed by atoms with van der Waals surface area (Å²) in [5, 5.41) is 52.8. The fourth-order valence-corrected chi connectivity index (χ4v) is 10.5. The van der Waals surface area contributed by atoms with E-state index in [0.717, 1.165) is 25.5 Å². The number of aromatic hydroxyl groups is 1. The van der Waals surface area contributed by atoms with E-state index >= 15 is 9.18 Å². The predicted molar refractivity (Wildman–Crippen MR) is 283 cm³/mol. The van der Waals surface area contributed by atoms with Crippen molar-refractivity contribution in [3.05, 3.63) is 104 Å². The van der Waals surface area contributed by atoms with Gasteiger partial charge in [0.1, 0.15) is 34.6 Å². The first kappa shape index (κ1) is 57.4. The number of phenolic OH excluding ortho intramolecular Hbond substituents is 1. The molecule has 9 N–H and O–H groups in total. The number of rotatable bonds is 8. The maximum Gasteiger partial charge on any atom is 0.341 e. The Hall–Kier alpha value is -7.77. The number of nitrogens with two attached hydrogens (primary N) is 2. The van der Waals surface area contributed by atoms with Gasteiger partial charge in [-0.3, -0.25) is 33.8 Å². The lowest BCUT2D eigenvalue weighted by molar-refractivity contribution is -0.155. The smallest absolute Gasteiger partial charge is 0.341 e. The number of nitrogens with zero attached hydrogens (tertiary/aromatic N) is 4. The lowest BCUT2D eigenvalue weighted by Crippen LogP contribution is -2.60. The first-order valence-corrected chi connectivity index (χ1v) is 25.6. The van der Waals surface area contributed by atoms with E-state index in [0.29, 0.717) is 12.8 Å². The van der Waals surface area contributed by atoms with Crippen LogP contribution in [0, 0.1) is 24.6 Å². The zero-order valence-electron chi connectivity index (χ0n) is 44.9. The summed E-state index contributed by atoms with van der Waals surface area (Å²) in [6, 6.07) is -2.47. The Morgan fingerprint density at radius 3 is 2.29 bits per heavy atom. The molecular weight excluding hydrogens is 1030 g/mol. The number of carbonyl (C=O) groups is 6. The van der Waals surface area contributed by atoms with Crippen LogP contribution in [-0.4, -0.2) is 154 Å². The van der Waals surface area contributed by atoms with Crippen LogP contribution in [0.25, 0.3) is 10.9 Å². The average molecular weight is 1100 g/mol. The molecule has 1 saturated carbocycles. The number of hydrogen-bond donors (Lipinski definition) is 7. The molecule has 2 fully saturated rings. The number of carbonyl (C=O) groups excluding carboxylic acids is 5. The fourth-order valence-electron chi connectivity index (χ4n) is 10.5. The van der Waals surface area contributed by atoms with Gasteiger partial charge in [0, 0.05) is 69.3 Å². The van der Waals surface area contributed by atoms with E-state index in [9.17, 15) is 49.2 Å². The monoisotopic (exact) mass is 1100 g/mol.